The second kappa shape index (κ2) is 5.11. The van der Waals surface area contributed by atoms with Crippen LogP contribution in [0.2, 0.25) is 0 Å². The molecule has 94 valence electrons. The van der Waals surface area contributed by atoms with Crippen LogP contribution in [0.3, 0.4) is 0 Å². The first-order valence-electron chi connectivity index (χ1n) is 6.56. The summed E-state index contributed by atoms with van der Waals surface area (Å²) < 4.78 is 0. The SMILES string of the molecule is N#Cc1ncccc1CNc1ccc2c(c1)CCC2. The molecule has 3 heteroatoms. The van der Waals surface area contributed by atoms with Crippen molar-refractivity contribution in [2.24, 2.45) is 0 Å². The van der Waals surface area contributed by atoms with Crippen LogP contribution in [-0.4, -0.2) is 4.98 Å². The lowest BCUT2D eigenvalue weighted by Gasteiger charge is -2.09. The summed E-state index contributed by atoms with van der Waals surface area (Å²) in [6.07, 6.45) is 5.30. The number of fused-ring (bicyclic) bond motifs is 1. The van der Waals surface area contributed by atoms with E-state index >= 15 is 0 Å². The highest BCUT2D eigenvalue weighted by Crippen LogP contribution is 2.25. The van der Waals surface area contributed by atoms with E-state index in [1.54, 1.807) is 6.20 Å². The molecule has 1 aliphatic rings. The molecular weight excluding hydrogens is 234 g/mol. The van der Waals surface area contributed by atoms with Gasteiger partial charge >= 0.3 is 0 Å². The van der Waals surface area contributed by atoms with Gasteiger partial charge in [-0.15, -0.1) is 0 Å². The van der Waals surface area contributed by atoms with Crippen LogP contribution < -0.4 is 5.32 Å². The van der Waals surface area contributed by atoms with Crippen molar-refractivity contribution in [3.05, 3.63) is 58.9 Å². The quantitative estimate of drug-likeness (QED) is 0.909. The molecule has 1 aromatic heterocycles. The number of aromatic nitrogens is 1. The Morgan fingerprint density at radius 2 is 2.11 bits per heavy atom. The number of benzene rings is 1. The molecule has 0 amide bonds. The molecule has 1 aliphatic carbocycles. The summed E-state index contributed by atoms with van der Waals surface area (Å²) in [5.74, 6) is 0. The van der Waals surface area contributed by atoms with E-state index in [9.17, 15) is 0 Å². The van der Waals surface area contributed by atoms with E-state index in [4.69, 9.17) is 5.26 Å². The number of anilines is 1. The molecule has 2 aromatic rings. The molecule has 1 N–H and O–H groups in total. The molecule has 0 radical (unpaired) electrons. The Hall–Kier alpha value is -2.34. The molecule has 0 unspecified atom stereocenters. The van der Waals surface area contributed by atoms with Gasteiger partial charge < -0.3 is 5.32 Å². The van der Waals surface area contributed by atoms with Crippen molar-refractivity contribution < 1.29 is 0 Å². The largest absolute Gasteiger partial charge is 0.381 e. The molecule has 3 rings (SSSR count). The van der Waals surface area contributed by atoms with Gasteiger partial charge in [0.25, 0.3) is 0 Å². The predicted molar refractivity (Wildman–Crippen MR) is 74.7 cm³/mol. The minimum Gasteiger partial charge on any atom is -0.381 e. The van der Waals surface area contributed by atoms with Gasteiger partial charge in [-0.1, -0.05) is 12.1 Å². The number of nitrogens with one attached hydrogen (secondary N) is 1. The molecule has 0 spiro atoms. The third-order valence-electron chi connectivity index (χ3n) is 3.58. The second-order valence-corrected chi connectivity index (χ2v) is 4.81. The van der Waals surface area contributed by atoms with Crippen LogP contribution in [0.15, 0.2) is 36.5 Å². The maximum atomic E-state index is 9.00. The van der Waals surface area contributed by atoms with Gasteiger partial charge in [0.15, 0.2) is 0 Å². The van der Waals surface area contributed by atoms with Crippen LogP contribution in [0.4, 0.5) is 5.69 Å². The molecule has 0 fully saturated rings. The Bertz CT molecular complexity index is 641. The van der Waals surface area contributed by atoms with Crippen LogP contribution >= 0.6 is 0 Å². The van der Waals surface area contributed by atoms with Gasteiger partial charge in [-0.3, -0.25) is 0 Å². The summed E-state index contributed by atoms with van der Waals surface area (Å²) in [5.41, 5.74) is 5.48. The van der Waals surface area contributed by atoms with Crippen LogP contribution in [0.1, 0.15) is 28.8 Å². The highest BCUT2D eigenvalue weighted by atomic mass is 14.9. The Labute approximate surface area is 112 Å². The van der Waals surface area contributed by atoms with Crippen LogP contribution in [0.25, 0.3) is 0 Å². The summed E-state index contributed by atoms with van der Waals surface area (Å²) in [7, 11) is 0. The average molecular weight is 249 g/mol. The molecule has 19 heavy (non-hydrogen) atoms. The van der Waals surface area contributed by atoms with Crippen LogP contribution in [0, 0.1) is 11.3 Å². The fourth-order valence-electron chi connectivity index (χ4n) is 2.56. The van der Waals surface area contributed by atoms with E-state index < -0.39 is 0 Å². The van der Waals surface area contributed by atoms with Crippen molar-refractivity contribution in [2.75, 3.05) is 5.32 Å². The first-order valence-corrected chi connectivity index (χ1v) is 6.56. The maximum Gasteiger partial charge on any atom is 0.145 e. The Balaban J connectivity index is 1.74. The molecule has 0 aliphatic heterocycles. The monoisotopic (exact) mass is 249 g/mol. The van der Waals surface area contributed by atoms with Gasteiger partial charge in [0, 0.05) is 24.0 Å². The number of rotatable bonds is 3. The first kappa shape index (κ1) is 11.7. The van der Waals surface area contributed by atoms with Crippen molar-refractivity contribution in [1.82, 2.24) is 4.98 Å². The van der Waals surface area contributed by atoms with Crippen molar-refractivity contribution in [3.63, 3.8) is 0 Å². The van der Waals surface area contributed by atoms with Crippen molar-refractivity contribution in [3.8, 4) is 6.07 Å². The molecular formula is C16H15N3. The Morgan fingerprint density at radius 3 is 3.00 bits per heavy atom. The minimum atomic E-state index is 0.496. The molecule has 0 saturated heterocycles. The third-order valence-corrected chi connectivity index (χ3v) is 3.58. The zero-order chi connectivity index (χ0) is 13.1. The standard InChI is InChI=1S/C16H15N3/c17-10-16-14(5-2-8-18-16)11-19-15-7-6-12-3-1-4-13(12)9-15/h2,5-9,19H,1,3-4,11H2. The summed E-state index contributed by atoms with van der Waals surface area (Å²) in [5, 5.41) is 12.4. The number of hydrogen-bond acceptors (Lipinski definition) is 3. The molecule has 0 bridgehead atoms. The van der Waals surface area contributed by atoms with Gasteiger partial charge in [0.1, 0.15) is 11.8 Å². The lowest BCUT2D eigenvalue weighted by Crippen LogP contribution is -2.03. The van der Waals surface area contributed by atoms with E-state index in [1.807, 2.05) is 12.1 Å². The summed E-state index contributed by atoms with van der Waals surface area (Å²) in [4.78, 5) is 4.07. The van der Waals surface area contributed by atoms with Crippen LogP contribution in [0.5, 0.6) is 0 Å². The summed E-state index contributed by atoms with van der Waals surface area (Å²) in [6.45, 7) is 0.634. The van der Waals surface area contributed by atoms with Crippen LogP contribution in [-0.2, 0) is 19.4 Å². The molecule has 0 saturated carbocycles. The minimum absolute atomic E-state index is 0.496. The smallest absolute Gasteiger partial charge is 0.145 e. The average Bonchev–Trinajstić information content (AvgIpc) is 2.93. The van der Waals surface area contributed by atoms with E-state index in [1.165, 1.54) is 30.4 Å². The predicted octanol–water partition coefficient (Wildman–Crippen LogP) is 3.05. The number of pyridine rings is 1. The second-order valence-electron chi connectivity index (χ2n) is 4.81. The number of nitriles is 1. The van der Waals surface area contributed by atoms with Crippen molar-refractivity contribution >= 4 is 5.69 Å². The molecule has 0 atom stereocenters. The van der Waals surface area contributed by atoms with E-state index in [-0.39, 0.29) is 0 Å². The van der Waals surface area contributed by atoms with Gasteiger partial charge in [0.05, 0.1) is 0 Å². The Kier molecular flexibility index (Phi) is 3.16. The van der Waals surface area contributed by atoms with Gasteiger partial charge in [-0.2, -0.15) is 5.26 Å². The van der Waals surface area contributed by atoms with Gasteiger partial charge in [-0.25, -0.2) is 4.98 Å². The summed E-state index contributed by atoms with van der Waals surface area (Å²) >= 11 is 0. The number of nitrogens with zero attached hydrogens (tertiary/aromatic N) is 2. The highest BCUT2D eigenvalue weighted by Gasteiger charge is 2.10. The fraction of sp³-hybridized carbons (Fsp3) is 0.250. The highest BCUT2D eigenvalue weighted by molar-refractivity contribution is 5.50. The van der Waals surface area contributed by atoms with Crippen molar-refractivity contribution in [1.29, 1.82) is 5.26 Å². The number of hydrogen-bond donors (Lipinski definition) is 1. The molecule has 3 nitrogen and oxygen atoms in total. The lowest BCUT2D eigenvalue weighted by atomic mass is 10.1. The maximum absolute atomic E-state index is 9.00. The zero-order valence-corrected chi connectivity index (χ0v) is 10.7. The van der Waals surface area contributed by atoms with E-state index in [0.29, 0.717) is 12.2 Å². The van der Waals surface area contributed by atoms with Gasteiger partial charge in [0.2, 0.25) is 0 Å². The van der Waals surface area contributed by atoms with E-state index in [2.05, 4.69) is 34.6 Å². The lowest BCUT2D eigenvalue weighted by molar-refractivity contribution is 0.912. The van der Waals surface area contributed by atoms with Gasteiger partial charge in [-0.05, 0) is 48.6 Å². The number of aryl methyl sites for hydroxylation is 2. The topological polar surface area (TPSA) is 48.7 Å². The van der Waals surface area contributed by atoms with Crippen molar-refractivity contribution in [2.45, 2.75) is 25.8 Å². The molecule has 1 heterocycles. The van der Waals surface area contributed by atoms with E-state index in [0.717, 1.165) is 11.3 Å². The third kappa shape index (κ3) is 2.43. The molecule has 1 aromatic carbocycles. The normalized spacial score (nSPS) is 12.8. The summed E-state index contributed by atoms with van der Waals surface area (Å²) in [6, 6.07) is 12.5. The first-order chi connectivity index (χ1) is 9.36. The Morgan fingerprint density at radius 1 is 1.21 bits per heavy atom. The fourth-order valence-corrected chi connectivity index (χ4v) is 2.56. The zero-order valence-electron chi connectivity index (χ0n) is 10.7.